The predicted octanol–water partition coefficient (Wildman–Crippen LogP) is 2.81. The van der Waals surface area contributed by atoms with Gasteiger partial charge in [-0.2, -0.15) is 0 Å². The summed E-state index contributed by atoms with van der Waals surface area (Å²) in [5.41, 5.74) is 7.40. The zero-order valence-electron chi connectivity index (χ0n) is 10.3. The summed E-state index contributed by atoms with van der Waals surface area (Å²) < 4.78 is 7.69. The average molecular weight is 311 g/mol. The largest absolute Gasteiger partial charge is 0.492 e. The number of ether oxygens (including phenoxy) is 1. The summed E-state index contributed by atoms with van der Waals surface area (Å²) in [7, 11) is 0. The van der Waals surface area contributed by atoms with Crippen molar-refractivity contribution in [3.8, 4) is 5.75 Å². The van der Waals surface area contributed by atoms with Crippen molar-refractivity contribution < 1.29 is 4.74 Å². The van der Waals surface area contributed by atoms with Crippen LogP contribution in [0.15, 0.2) is 32.9 Å². The van der Waals surface area contributed by atoms with Crippen molar-refractivity contribution in [2.75, 3.05) is 12.9 Å². The lowest BCUT2D eigenvalue weighted by molar-refractivity contribution is 0.276. The van der Waals surface area contributed by atoms with Gasteiger partial charge in [0.25, 0.3) is 0 Å². The van der Waals surface area contributed by atoms with E-state index in [1.165, 1.54) is 0 Å². The molecule has 100 valence electrons. The molecule has 1 aromatic heterocycles. The van der Waals surface area contributed by atoms with E-state index in [1.807, 2.05) is 30.5 Å². The molecule has 3 rings (SSSR count). The topological polar surface area (TPSA) is 61.0 Å². The fraction of sp³-hybridized carbons (Fsp3) is 0.333. The molecule has 1 aliphatic rings. The number of hydrogen-bond acceptors (Lipinski definition) is 7. The molecular formula is C12H13N3OS3. The number of aromatic nitrogens is 2. The van der Waals surface area contributed by atoms with E-state index in [9.17, 15) is 0 Å². The first kappa shape index (κ1) is 13.2. The molecule has 0 fully saturated rings. The summed E-state index contributed by atoms with van der Waals surface area (Å²) in [5.74, 6) is 0.897. The molecule has 2 aromatic rings. The molecule has 0 saturated carbocycles. The maximum Gasteiger partial charge on any atom is 0.175 e. The minimum absolute atomic E-state index is 0.0309. The third-order valence-corrected chi connectivity index (χ3v) is 6.14. The van der Waals surface area contributed by atoms with E-state index in [4.69, 9.17) is 10.5 Å². The van der Waals surface area contributed by atoms with Gasteiger partial charge in [-0.25, -0.2) is 0 Å². The van der Waals surface area contributed by atoms with Gasteiger partial charge >= 0.3 is 0 Å². The average Bonchev–Trinajstić information content (AvgIpc) is 2.90. The van der Waals surface area contributed by atoms with E-state index in [0.29, 0.717) is 6.61 Å². The van der Waals surface area contributed by atoms with Crippen LogP contribution in [-0.2, 0) is 0 Å². The Morgan fingerprint density at radius 1 is 1.32 bits per heavy atom. The molecule has 2 atom stereocenters. The number of rotatable bonds is 3. The first-order chi connectivity index (χ1) is 9.28. The Labute approximate surface area is 124 Å². The van der Waals surface area contributed by atoms with Crippen molar-refractivity contribution in [1.82, 2.24) is 10.2 Å². The molecule has 2 heterocycles. The molecule has 7 heteroatoms. The van der Waals surface area contributed by atoms with Crippen molar-refractivity contribution in [2.45, 2.75) is 20.0 Å². The van der Waals surface area contributed by atoms with Crippen LogP contribution >= 0.6 is 34.9 Å². The van der Waals surface area contributed by atoms with Gasteiger partial charge in [0.2, 0.25) is 0 Å². The Balaban J connectivity index is 1.76. The Kier molecular flexibility index (Phi) is 3.97. The van der Waals surface area contributed by atoms with Gasteiger partial charge in [-0.15, -0.1) is 10.2 Å². The molecular weight excluding hydrogens is 298 g/mol. The van der Waals surface area contributed by atoms with Gasteiger partial charge in [0.1, 0.15) is 12.4 Å². The molecule has 0 aliphatic carbocycles. The number of thioether (sulfide) groups is 2. The van der Waals surface area contributed by atoms with Crippen LogP contribution in [0.2, 0.25) is 0 Å². The molecule has 1 aliphatic heterocycles. The van der Waals surface area contributed by atoms with Crippen LogP contribution in [0.3, 0.4) is 0 Å². The fourth-order valence-electron chi connectivity index (χ4n) is 1.93. The van der Waals surface area contributed by atoms with Gasteiger partial charge in [-0.1, -0.05) is 53.1 Å². The first-order valence-electron chi connectivity index (χ1n) is 5.79. The molecule has 19 heavy (non-hydrogen) atoms. The summed E-state index contributed by atoms with van der Waals surface area (Å²) >= 11 is 4.87. The summed E-state index contributed by atoms with van der Waals surface area (Å²) in [6.45, 7) is 0.608. The number of nitrogens with two attached hydrogens (primary N) is 1. The van der Waals surface area contributed by atoms with Crippen molar-refractivity contribution in [2.24, 2.45) is 5.73 Å². The van der Waals surface area contributed by atoms with E-state index < -0.39 is 0 Å². The van der Waals surface area contributed by atoms with Gasteiger partial charge in [0, 0.05) is 11.6 Å². The lowest BCUT2D eigenvalue weighted by Crippen LogP contribution is -2.33. The summed E-state index contributed by atoms with van der Waals surface area (Å²) in [6, 6.07) is 7.92. The number of fused-ring (bicyclic) bond motifs is 1. The highest BCUT2D eigenvalue weighted by atomic mass is 32.2. The molecule has 0 bridgehead atoms. The highest BCUT2D eigenvalue weighted by Gasteiger charge is 2.29. The second kappa shape index (κ2) is 5.70. The summed E-state index contributed by atoms with van der Waals surface area (Å²) in [6.07, 6.45) is 2.00. The second-order valence-electron chi connectivity index (χ2n) is 4.07. The van der Waals surface area contributed by atoms with Crippen LogP contribution in [0.25, 0.3) is 0 Å². The van der Waals surface area contributed by atoms with Crippen LogP contribution in [0, 0.1) is 0 Å². The zero-order valence-corrected chi connectivity index (χ0v) is 12.7. The van der Waals surface area contributed by atoms with Crippen LogP contribution in [-0.4, -0.2) is 28.3 Å². The SMILES string of the molecule is CSc1nnc(SC2COc3ccccc3C2N)s1. The molecule has 2 N–H and O–H groups in total. The van der Waals surface area contributed by atoms with Crippen molar-refractivity contribution in [3.63, 3.8) is 0 Å². The van der Waals surface area contributed by atoms with E-state index in [2.05, 4.69) is 10.2 Å². The normalized spacial score (nSPS) is 21.8. The van der Waals surface area contributed by atoms with Crippen LogP contribution in [0.4, 0.5) is 0 Å². The number of hydrogen-bond donors (Lipinski definition) is 1. The molecule has 0 radical (unpaired) electrons. The Bertz CT molecular complexity index is 575. The third-order valence-electron chi connectivity index (χ3n) is 2.90. The van der Waals surface area contributed by atoms with Crippen LogP contribution in [0.1, 0.15) is 11.6 Å². The van der Waals surface area contributed by atoms with Gasteiger partial charge in [-0.05, 0) is 12.3 Å². The maximum atomic E-state index is 6.33. The van der Waals surface area contributed by atoms with Gasteiger partial charge in [-0.3, -0.25) is 0 Å². The Morgan fingerprint density at radius 3 is 2.89 bits per heavy atom. The van der Waals surface area contributed by atoms with Crippen molar-refractivity contribution in [3.05, 3.63) is 29.8 Å². The number of benzene rings is 1. The second-order valence-corrected chi connectivity index (χ2v) is 7.59. The summed E-state index contributed by atoms with van der Waals surface area (Å²) in [4.78, 5) is 0. The van der Waals surface area contributed by atoms with Gasteiger partial charge in [0.15, 0.2) is 8.68 Å². The van der Waals surface area contributed by atoms with Gasteiger partial charge in [0.05, 0.1) is 5.25 Å². The lowest BCUT2D eigenvalue weighted by Gasteiger charge is -2.29. The monoisotopic (exact) mass is 311 g/mol. The smallest absolute Gasteiger partial charge is 0.175 e. The van der Waals surface area contributed by atoms with E-state index in [-0.39, 0.29) is 11.3 Å². The van der Waals surface area contributed by atoms with Crippen LogP contribution < -0.4 is 10.5 Å². The van der Waals surface area contributed by atoms with Crippen LogP contribution in [0.5, 0.6) is 5.75 Å². The molecule has 2 unspecified atom stereocenters. The molecule has 0 spiro atoms. The Morgan fingerprint density at radius 2 is 2.11 bits per heavy atom. The standard InChI is InChI=1S/C12H13N3OS3/c1-17-11-14-15-12(19-11)18-9-6-16-8-5-3-2-4-7(8)10(9)13/h2-5,9-10H,6,13H2,1H3. The zero-order chi connectivity index (χ0) is 13.2. The van der Waals surface area contributed by atoms with E-state index in [1.54, 1.807) is 34.9 Å². The lowest BCUT2D eigenvalue weighted by atomic mass is 10.0. The molecule has 4 nitrogen and oxygen atoms in total. The first-order valence-corrected chi connectivity index (χ1v) is 8.71. The molecule has 1 aromatic carbocycles. The highest BCUT2D eigenvalue weighted by Crippen LogP contribution is 2.39. The Hall–Kier alpha value is -0.760. The minimum atomic E-state index is -0.0309. The van der Waals surface area contributed by atoms with E-state index in [0.717, 1.165) is 20.0 Å². The molecule has 0 saturated heterocycles. The summed E-state index contributed by atoms with van der Waals surface area (Å²) in [5, 5.41) is 8.45. The predicted molar refractivity (Wildman–Crippen MR) is 80.2 cm³/mol. The quantitative estimate of drug-likeness (QED) is 0.880. The molecule has 0 amide bonds. The third kappa shape index (κ3) is 2.74. The van der Waals surface area contributed by atoms with Crippen molar-refractivity contribution >= 4 is 34.9 Å². The number of nitrogens with zero attached hydrogens (tertiary/aromatic N) is 2. The highest BCUT2D eigenvalue weighted by molar-refractivity contribution is 8.03. The van der Waals surface area contributed by atoms with Crippen molar-refractivity contribution in [1.29, 1.82) is 0 Å². The number of para-hydroxylation sites is 1. The minimum Gasteiger partial charge on any atom is -0.492 e. The van der Waals surface area contributed by atoms with Gasteiger partial charge < -0.3 is 10.5 Å². The fourth-order valence-corrected chi connectivity index (χ4v) is 4.67. The maximum absolute atomic E-state index is 6.33. The van der Waals surface area contributed by atoms with E-state index >= 15 is 0 Å².